The summed E-state index contributed by atoms with van der Waals surface area (Å²) in [7, 11) is 4.47. The van der Waals surface area contributed by atoms with Gasteiger partial charge in [-0.25, -0.2) is 0 Å². The van der Waals surface area contributed by atoms with Gasteiger partial charge in [-0.3, -0.25) is 4.79 Å². The fourth-order valence-corrected chi connectivity index (χ4v) is 5.25. The Morgan fingerprint density at radius 3 is 2.30 bits per heavy atom. The van der Waals surface area contributed by atoms with Gasteiger partial charge in [0.05, 0.1) is 38.7 Å². The monoisotopic (exact) mass is 618 g/mol. The van der Waals surface area contributed by atoms with Crippen LogP contribution in [0.15, 0.2) is 64.4 Å². The summed E-state index contributed by atoms with van der Waals surface area (Å²) in [6.45, 7) is 10.4. The van der Waals surface area contributed by atoms with Gasteiger partial charge in [-0.05, 0) is 85.5 Å². The van der Waals surface area contributed by atoms with Crippen LogP contribution in [0.2, 0.25) is 0 Å². The van der Waals surface area contributed by atoms with Gasteiger partial charge in [-0.15, -0.1) is 0 Å². The Hall–Kier alpha value is -3.70. The maximum atomic E-state index is 13.4. The molecule has 0 radical (unpaired) electrons. The number of carbonyl (C=O) groups is 2. The number of aromatic hydroxyl groups is 1. The van der Waals surface area contributed by atoms with Gasteiger partial charge < -0.3 is 29.1 Å². The van der Waals surface area contributed by atoms with Crippen molar-refractivity contribution in [1.29, 1.82) is 0 Å². The second-order valence-corrected chi connectivity index (χ2v) is 12.2. The first kappa shape index (κ1) is 33.8. The van der Waals surface area contributed by atoms with Crippen molar-refractivity contribution < 1.29 is 42.2 Å². The molecule has 0 spiro atoms. The highest BCUT2D eigenvalue weighted by atomic mass is 32.2. The fourth-order valence-electron chi connectivity index (χ4n) is 4.26. The van der Waals surface area contributed by atoms with Crippen molar-refractivity contribution in [3.8, 4) is 11.5 Å². The van der Waals surface area contributed by atoms with E-state index in [1.165, 1.54) is 22.9 Å². The molecule has 0 aromatic heterocycles. The molecule has 0 bridgehead atoms. The predicted molar refractivity (Wildman–Crippen MR) is 157 cm³/mol. The largest absolute Gasteiger partial charge is 0.542 e. The molecule has 1 amide bonds. The summed E-state index contributed by atoms with van der Waals surface area (Å²) in [5.41, 5.74) is 5.31. The lowest BCUT2D eigenvalue weighted by Gasteiger charge is -2.28. The molecule has 0 fully saturated rings. The molecule has 1 aliphatic rings. The topological polar surface area (TPSA) is 89.9 Å². The average molecular weight is 619 g/mol. The van der Waals surface area contributed by atoms with Gasteiger partial charge in [0.25, 0.3) is 5.91 Å². The molecule has 0 aliphatic carbocycles. The lowest BCUT2D eigenvalue weighted by molar-refractivity contribution is -0.888. The van der Waals surface area contributed by atoms with Gasteiger partial charge in [0, 0.05) is 30.0 Å². The normalized spacial score (nSPS) is 12.8. The molecule has 3 aromatic carbocycles. The number of quaternary nitrogens is 1. The molecule has 232 valence electrons. The maximum Gasteiger partial charge on any atom is 0.430 e. The summed E-state index contributed by atoms with van der Waals surface area (Å²) in [6, 6.07) is 17.5. The highest BCUT2D eigenvalue weighted by Gasteiger charge is 2.29. The lowest BCUT2D eigenvalue weighted by Crippen LogP contribution is -2.40. The van der Waals surface area contributed by atoms with Crippen molar-refractivity contribution >= 4 is 23.6 Å². The first-order valence-electron chi connectivity index (χ1n) is 13.8. The number of hydrogen-bond acceptors (Lipinski definition) is 6. The molecule has 0 atom stereocenters. The zero-order valence-electron chi connectivity index (χ0n) is 25.0. The van der Waals surface area contributed by atoms with E-state index in [2.05, 4.69) is 59.1 Å². The molecule has 7 nitrogen and oxygen atoms in total. The third-order valence-corrected chi connectivity index (χ3v) is 8.40. The summed E-state index contributed by atoms with van der Waals surface area (Å²) in [6.07, 6.45) is -4.19. The van der Waals surface area contributed by atoms with Crippen LogP contribution in [0.3, 0.4) is 0 Å². The van der Waals surface area contributed by atoms with Gasteiger partial charge in [0.1, 0.15) is 17.5 Å². The predicted octanol–water partition coefficient (Wildman–Crippen LogP) is 5.48. The Balaban J connectivity index is 0.000000646. The second-order valence-electron chi connectivity index (χ2n) is 11.1. The number of carbonyl (C=O) groups excluding carboxylic acids is 2. The molecule has 4 rings (SSSR count). The van der Waals surface area contributed by atoms with E-state index >= 15 is 0 Å². The van der Waals surface area contributed by atoms with Crippen LogP contribution in [0.5, 0.6) is 11.5 Å². The number of aliphatic carboxylic acids is 1. The SMILES string of the molecule is CC[N+](C)(C)CCCOc1ccc2c(c1)CN(C(=O)c1ccc(O)c(Sc3ccc(C)c(C)c3)c1)C2.O=C([O-])C(F)(F)F. The van der Waals surface area contributed by atoms with Crippen LogP contribution in [-0.4, -0.2) is 66.3 Å². The quantitative estimate of drug-likeness (QED) is 0.253. The molecule has 1 aliphatic heterocycles. The number of ether oxygens (including phenoxy) is 1. The van der Waals surface area contributed by atoms with E-state index in [1.807, 2.05) is 17.0 Å². The van der Waals surface area contributed by atoms with Crippen molar-refractivity contribution in [3.63, 3.8) is 0 Å². The number of fused-ring (bicyclic) bond motifs is 1. The summed E-state index contributed by atoms with van der Waals surface area (Å²) in [5.74, 6) is -1.99. The van der Waals surface area contributed by atoms with Crippen molar-refractivity contribution in [1.82, 2.24) is 4.90 Å². The number of halogens is 3. The zero-order chi connectivity index (χ0) is 31.9. The third kappa shape index (κ3) is 9.65. The van der Waals surface area contributed by atoms with E-state index in [0.717, 1.165) is 45.8 Å². The maximum absolute atomic E-state index is 13.4. The lowest BCUT2D eigenvalue weighted by atomic mass is 10.1. The Labute approximate surface area is 254 Å². The van der Waals surface area contributed by atoms with E-state index in [1.54, 1.807) is 18.2 Å². The van der Waals surface area contributed by atoms with Crippen LogP contribution in [0, 0.1) is 13.8 Å². The van der Waals surface area contributed by atoms with E-state index in [9.17, 15) is 23.1 Å². The summed E-state index contributed by atoms with van der Waals surface area (Å²) < 4.78 is 38.6. The minimum Gasteiger partial charge on any atom is -0.542 e. The first-order valence-corrected chi connectivity index (χ1v) is 14.6. The number of phenols is 1. The number of alkyl halides is 3. The number of carboxylic acid groups (broad SMARTS) is 1. The summed E-state index contributed by atoms with van der Waals surface area (Å²) in [4.78, 5) is 25.7. The summed E-state index contributed by atoms with van der Waals surface area (Å²) in [5, 5.41) is 19.2. The Morgan fingerprint density at radius 2 is 1.67 bits per heavy atom. The number of hydrogen-bond donors (Lipinski definition) is 1. The standard InChI is InChI=1S/C30H36N2O3S.C2HF3O2/c1-6-32(4,5)14-7-15-35-26-11-9-24-19-31(20-25(24)17-26)30(34)23-10-13-28(33)29(18-23)36-27-12-8-21(2)22(3)16-27;3-2(4,5)1(6)7/h8-13,16-18H,6-7,14-15,19-20H2,1-5H3;(H,6,7). The Bertz CT molecular complexity index is 1460. The highest BCUT2D eigenvalue weighted by Crippen LogP contribution is 2.36. The third-order valence-electron chi connectivity index (χ3n) is 7.36. The Kier molecular flexibility index (Phi) is 11.1. The average Bonchev–Trinajstić information content (AvgIpc) is 3.37. The zero-order valence-corrected chi connectivity index (χ0v) is 25.8. The number of aryl methyl sites for hydroxylation is 2. The van der Waals surface area contributed by atoms with Crippen LogP contribution in [0.1, 0.15) is 46.0 Å². The number of benzene rings is 3. The number of phenolic OH excluding ortho intramolecular Hbond substituents is 1. The van der Waals surface area contributed by atoms with Crippen LogP contribution in [-0.2, 0) is 17.9 Å². The highest BCUT2D eigenvalue weighted by molar-refractivity contribution is 7.99. The molecule has 0 saturated carbocycles. The summed E-state index contributed by atoms with van der Waals surface area (Å²) >= 11 is 1.47. The molecular formula is C32H37F3N2O5S. The van der Waals surface area contributed by atoms with E-state index in [-0.39, 0.29) is 11.7 Å². The number of rotatable bonds is 9. The fraction of sp³-hybridized carbons (Fsp3) is 0.375. The van der Waals surface area contributed by atoms with Gasteiger partial charge in [0.15, 0.2) is 0 Å². The number of carboxylic acids is 1. The molecule has 0 saturated heterocycles. The molecule has 0 unspecified atom stereocenters. The van der Waals surface area contributed by atoms with Gasteiger partial charge >= 0.3 is 6.18 Å². The minimum absolute atomic E-state index is 0.0322. The van der Waals surface area contributed by atoms with Crippen molar-refractivity contribution in [2.45, 2.75) is 56.2 Å². The number of nitrogens with zero attached hydrogens (tertiary/aromatic N) is 2. The van der Waals surface area contributed by atoms with Crippen LogP contribution >= 0.6 is 11.8 Å². The minimum atomic E-state index is -5.19. The van der Waals surface area contributed by atoms with Crippen LogP contribution in [0.4, 0.5) is 13.2 Å². The van der Waals surface area contributed by atoms with Crippen molar-refractivity contribution in [2.24, 2.45) is 0 Å². The van der Waals surface area contributed by atoms with E-state index in [0.29, 0.717) is 30.2 Å². The van der Waals surface area contributed by atoms with Crippen LogP contribution < -0.4 is 9.84 Å². The second kappa shape index (κ2) is 14.2. The van der Waals surface area contributed by atoms with Crippen molar-refractivity contribution in [2.75, 3.05) is 33.8 Å². The van der Waals surface area contributed by atoms with Gasteiger partial charge in [-0.2, -0.15) is 13.2 Å². The smallest absolute Gasteiger partial charge is 0.430 e. The van der Waals surface area contributed by atoms with Gasteiger partial charge in [0.2, 0.25) is 0 Å². The van der Waals surface area contributed by atoms with E-state index < -0.39 is 12.1 Å². The Morgan fingerprint density at radius 1 is 1.00 bits per heavy atom. The molecule has 1 heterocycles. The number of amides is 1. The molecule has 43 heavy (non-hydrogen) atoms. The molecule has 11 heteroatoms. The van der Waals surface area contributed by atoms with Crippen molar-refractivity contribution in [3.05, 3.63) is 82.4 Å². The molecular weight excluding hydrogens is 581 g/mol. The van der Waals surface area contributed by atoms with Crippen LogP contribution in [0.25, 0.3) is 0 Å². The first-order chi connectivity index (χ1) is 20.1. The van der Waals surface area contributed by atoms with E-state index in [4.69, 9.17) is 14.6 Å². The van der Waals surface area contributed by atoms with Gasteiger partial charge in [-0.1, -0.05) is 23.9 Å². The molecule has 1 N–H and O–H groups in total. The molecule has 3 aromatic rings.